The SMILES string of the molecule is Cc1cccc2c1C(c1ccccc1)(c1ccc(Cc3cccc4c3-c3ccc(-c5ccccc5)cc3C4(C)C)cc1)c1cccc(-c3cccc(C4(c5ccccc5)c5ccccc5-c5ccc(I)cc54)c3)c1-2. The van der Waals surface area contributed by atoms with Gasteiger partial charge in [0.25, 0.3) is 0 Å². The fourth-order valence-corrected chi connectivity index (χ4v) is 14.4. The van der Waals surface area contributed by atoms with E-state index in [0.29, 0.717) is 0 Å². The maximum absolute atomic E-state index is 2.50. The zero-order chi connectivity index (χ0) is 49.8. The summed E-state index contributed by atoms with van der Waals surface area (Å²) in [6, 6.07) is 96.6. The number of aryl methyl sites for hydroxylation is 1. The van der Waals surface area contributed by atoms with Crippen molar-refractivity contribution in [2.75, 3.05) is 0 Å². The minimum atomic E-state index is -0.553. The molecular weight excluding hydrogens is 1000 g/mol. The fraction of sp³-hybridized carbons (Fsp3) is 0.0959. The van der Waals surface area contributed by atoms with Gasteiger partial charge in [-0.15, -0.1) is 0 Å². The van der Waals surface area contributed by atoms with E-state index in [0.717, 1.165) is 6.42 Å². The molecule has 74 heavy (non-hydrogen) atoms. The summed E-state index contributed by atoms with van der Waals surface area (Å²) >= 11 is 2.50. The van der Waals surface area contributed by atoms with E-state index in [-0.39, 0.29) is 5.41 Å². The summed E-state index contributed by atoms with van der Waals surface area (Å²) in [4.78, 5) is 0. The minimum absolute atomic E-state index is 0.103. The first-order chi connectivity index (χ1) is 36.3. The largest absolute Gasteiger partial charge is 0.0716 e. The van der Waals surface area contributed by atoms with E-state index in [1.54, 1.807) is 0 Å². The van der Waals surface area contributed by atoms with Crippen molar-refractivity contribution in [2.45, 2.75) is 43.4 Å². The summed E-state index contributed by atoms with van der Waals surface area (Å²) in [6.07, 6.45) is 0.850. The van der Waals surface area contributed by atoms with E-state index in [4.69, 9.17) is 0 Å². The fourth-order valence-electron chi connectivity index (χ4n) is 13.9. The highest BCUT2D eigenvalue weighted by atomic mass is 127. The van der Waals surface area contributed by atoms with E-state index < -0.39 is 10.8 Å². The Labute approximate surface area is 449 Å². The molecule has 0 aromatic heterocycles. The van der Waals surface area contributed by atoms with Crippen molar-refractivity contribution in [2.24, 2.45) is 0 Å². The van der Waals surface area contributed by atoms with Gasteiger partial charge in [0.05, 0.1) is 10.8 Å². The van der Waals surface area contributed by atoms with Gasteiger partial charge in [0.15, 0.2) is 0 Å². The lowest BCUT2D eigenvalue weighted by Crippen LogP contribution is -2.29. The molecule has 0 aliphatic heterocycles. The number of hydrogen-bond donors (Lipinski definition) is 0. The maximum Gasteiger partial charge on any atom is 0.0716 e. The molecule has 0 radical (unpaired) electrons. The molecule has 14 rings (SSSR count). The van der Waals surface area contributed by atoms with E-state index in [1.807, 2.05) is 0 Å². The van der Waals surface area contributed by atoms with Crippen LogP contribution in [0, 0.1) is 10.5 Å². The zero-order valence-electron chi connectivity index (χ0n) is 41.8. The van der Waals surface area contributed by atoms with Crippen LogP contribution in [0.3, 0.4) is 0 Å². The third kappa shape index (κ3) is 6.45. The number of fused-ring (bicyclic) bond motifs is 9. The maximum atomic E-state index is 2.50. The van der Waals surface area contributed by atoms with Crippen LogP contribution in [0.4, 0.5) is 0 Å². The van der Waals surface area contributed by atoms with Crippen LogP contribution in [0.15, 0.2) is 255 Å². The van der Waals surface area contributed by atoms with Crippen LogP contribution < -0.4 is 0 Å². The number of halogens is 1. The average Bonchev–Trinajstić information content (AvgIpc) is 4.16. The van der Waals surface area contributed by atoms with Gasteiger partial charge in [-0.2, -0.15) is 0 Å². The molecule has 0 heterocycles. The van der Waals surface area contributed by atoms with Crippen molar-refractivity contribution < 1.29 is 0 Å². The molecule has 0 saturated carbocycles. The molecule has 0 fully saturated rings. The summed E-state index contributed by atoms with van der Waals surface area (Å²) in [5.74, 6) is 0. The third-order valence-electron chi connectivity index (χ3n) is 17.1. The van der Waals surface area contributed by atoms with Crippen molar-refractivity contribution in [3.63, 3.8) is 0 Å². The third-order valence-corrected chi connectivity index (χ3v) is 17.8. The quantitative estimate of drug-likeness (QED) is 0.133. The first kappa shape index (κ1) is 44.8. The van der Waals surface area contributed by atoms with Crippen molar-refractivity contribution in [1.82, 2.24) is 0 Å². The monoisotopic (exact) mass is 1060 g/mol. The average molecular weight is 1060 g/mol. The molecular formula is C73H53I. The highest BCUT2D eigenvalue weighted by Crippen LogP contribution is 2.61. The predicted molar refractivity (Wildman–Crippen MR) is 316 cm³/mol. The standard InChI is InChI=1S/C73H53I/c1-47-19-15-31-62-69-58(51-22-16-28-56(44-51)72(53-24-9-5-10-25-53)63-32-14-13-29-59(63)60-42-40-57(74)46-67(60)72)30-18-34-65(69)73(70(47)62,54-26-11-6-12-27-54)55-38-35-48(36-39-55)43-52-23-17-33-64-68(52)61-41-37-50(45-66(61)71(64,2)3)49-20-7-4-8-21-49/h4-42,44-46H,43H2,1-3H3. The lowest BCUT2D eigenvalue weighted by molar-refractivity contribution is 0.660. The Balaban J connectivity index is 0.917. The molecule has 0 N–H and O–H groups in total. The van der Waals surface area contributed by atoms with Gasteiger partial charge in [-0.1, -0.05) is 244 Å². The van der Waals surface area contributed by atoms with Gasteiger partial charge in [-0.25, -0.2) is 0 Å². The van der Waals surface area contributed by atoms with Crippen molar-refractivity contribution in [3.8, 4) is 55.6 Å². The van der Waals surface area contributed by atoms with Crippen LogP contribution in [-0.2, 0) is 22.7 Å². The second kappa shape index (κ2) is 17.1. The van der Waals surface area contributed by atoms with E-state index in [9.17, 15) is 0 Å². The molecule has 1 heteroatoms. The molecule has 3 aliphatic carbocycles. The van der Waals surface area contributed by atoms with Gasteiger partial charge in [-0.05, 0) is 188 Å². The molecule has 3 aliphatic rings. The van der Waals surface area contributed by atoms with Crippen LogP contribution in [0.1, 0.15) is 86.2 Å². The van der Waals surface area contributed by atoms with Crippen LogP contribution in [0.5, 0.6) is 0 Å². The molecule has 352 valence electrons. The van der Waals surface area contributed by atoms with E-state index in [2.05, 4.69) is 298 Å². The van der Waals surface area contributed by atoms with Gasteiger partial charge < -0.3 is 0 Å². The molecule has 11 aromatic carbocycles. The smallest absolute Gasteiger partial charge is 0.0622 e. The second-order valence-corrected chi connectivity index (χ2v) is 22.5. The van der Waals surface area contributed by atoms with E-state index >= 15 is 0 Å². The lowest BCUT2D eigenvalue weighted by atomic mass is 9.66. The van der Waals surface area contributed by atoms with Crippen LogP contribution in [0.2, 0.25) is 0 Å². The second-order valence-electron chi connectivity index (χ2n) is 21.2. The highest BCUT2D eigenvalue weighted by Gasteiger charge is 2.49. The molecule has 0 spiro atoms. The van der Waals surface area contributed by atoms with Crippen molar-refractivity contribution >= 4 is 22.6 Å². The van der Waals surface area contributed by atoms with Gasteiger partial charge in [0.1, 0.15) is 0 Å². The zero-order valence-corrected chi connectivity index (χ0v) is 44.0. The van der Waals surface area contributed by atoms with Gasteiger partial charge in [0, 0.05) is 8.99 Å². The normalized spacial score (nSPS) is 17.2. The Morgan fingerprint density at radius 1 is 0.338 bits per heavy atom. The summed E-state index contributed by atoms with van der Waals surface area (Å²) in [5, 5.41) is 0. The molecule has 0 saturated heterocycles. The van der Waals surface area contributed by atoms with Gasteiger partial charge in [-0.3, -0.25) is 0 Å². The number of rotatable bonds is 8. The topological polar surface area (TPSA) is 0 Å². The Morgan fingerprint density at radius 3 is 1.69 bits per heavy atom. The van der Waals surface area contributed by atoms with Crippen LogP contribution in [-0.4, -0.2) is 0 Å². The first-order valence-electron chi connectivity index (χ1n) is 26.1. The van der Waals surface area contributed by atoms with Crippen LogP contribution in [0.25, 0.3) is 55.6 Å². The summed E-state index contributed by atoms with van der Waals surface area (Å²) < 4.78 is 1.24. The number of benzene rings is 11. The number of hydrogen-bond acceptors (Lipinski definition) is 0. The van der Waals surface area contributed by atoms with Crippen LogP contribution >= 0.6 is 22.6 Å². The van der Waals surface area contributed by atoms with Crippen molar-refractivity contribution in [1.29, 1.82) is 0 Å². The molecule has 2 unspecified atom stereocenters. The first-order valence-corrected chi connectivity index (χ1v) is 27.1. The summed E-state index contributed by atoms with van der Waals surface area (Å²) in [5.41, 5.74) is 29.1. The Kier molecular flexibility index (Phi) is 10.4. The highest BCUT2D eigenvalue weighted by molar-refractivity contribution is 14.1. The summed E-state index contributed by atoms with van der Waals surface area (Å²) in [6.45, 7) is 7.10. The Morgan fingerprint density at radius 2 is 0.905 bits per heavy atom. The summed E-state index contributed by atoms with van der Waals surface area (Å²) in [7, 11) is 0. The molecule has 0 nitrogen and oxygen atoms in total. The Hall–Kier alpha value is -7.85. The molecule has 2 atom stereocenters. The van der Waals surface area contributed by atoms with Gasteiger partial charge in [0.2, 0.25) is 0 Å². The van der Waals surface area contributed by atoms with Crippen molar-refractivity contribution in [3.05, 3.63) is 331 Å². The molecule has 0 amide bonds. The van der Waals surface area contributed by atoms with E-state index in [1.165, 1.54) is 132 Å². The Bertz CT molecular complexity index is 4010. The lowest BCUT2D eigenvalue weighted by Gasteiger charge is -2.35. The van der Waals surface area contributed by atoms with Gasteiger partial charge >= 0.3 is 0 Å². The molecule has 11 aromatic rings. The molecule has 0 bridgehead atoms. The predicted octanol–water partition coefficient (Wildman–Crippen LogP) is 18.6. The minimum Gasteiger partial charge on any atom is -0.0622 e.